The molecule has 1 saturated heterocycles. The third kappa shape index (κ3) is 6.16. The number of rotatable bonds is 8. The smallest absolute Gasteiger partial charge is 0.0366 e. The Kier molecular flexibility index (Phi) is 8.22. The summed E-state index contributed by atoms with van der Waals surface area (Å²) >= 11 is 0. The van der Waals surface area contributed by atoms with Crippen LogP contribution in [0.15, 0.2) is 59.9 Å². The summed E-state index contributed by atoms with van der Waals surface area (Å²) < 4.78 is 0. The van der Waals surface area contributed by atoms with Gasteiger partial charge in [-0.05, 0) is 94.0 Å². The molecule has 1 heterocycles. The zero-order chi connectivity index (χ0) is 22.2. The van der Waals surface area contributed by atoms with E-state index < -0.39 is 0 Å². The monoisotopic (exact) mass is 417 g/mol. The molecular weight excluding hydrogens is 378 g/mol. The molecule has 2 aromatic carbocycles. The van der Waals surface area contributed by atoms with Crippen LogP contribution in [-0.4, -0.2) is 26.2 Å². The van der Waals surface area contributed by atoms with Gasteiger partial charge in [0.05, 0.1) is 0 Å². The van der Waals surface area contributed by atoms with E-state index in [-0.39, 0.29) is 0 Å². The third-order valence-electron chi connectivity index (χ3n) is 6.18. The first kappa shape index (κ1) is 23.0. The Morgan fingerprint density at radius 2 is 1.03 bits per heavy atom. The van der Waals surface area contributed by atoms with E-state index >= 15 is 0 Å². The minimum absolute atomic E-state index is 0.642. The molecule has 0 aromatic heterocycles. The summed E-state index contributed by atoms with van der Waals surface area (Å²) in [6.45, 7) is 15.3. The fourth-order valence-electron chi connectivity index (χ4n) is 4.46. The number of hydrogen-bond acceptors (Lipinski definition) is 3. The van der Waals surface area contributed by atoms with Crippen molar-refractivity contribution in [3.8, 4) is 0 Å². The van der Waals surface area contributed by atoms with Gasteiger partial charge in [-0.3, -0.25) is 0 Å². The molecule has 166 valence electrons. The molecule has 0 aliphatic carbocycles. The van der Waals surface area contributed by atoms with E-state index in [0.717, 1.165) is 39.0 Å². The van der Waals surface area contributed by atoms with Crippen molar-refractivity contribution in [3.05, 3.63) is 71.1 Å². The van der Waals surface area contributed by atoms with E-state index in [1.165, 1.54) is 33.9 Å². The summed E-state index contributed by atoms with van der Waals surface area (Å²) in [6.07, 6.45) is 6.80. The van der Waals surface area contributed by atoms with Crippen molar-refractivity contribution in [1.29, 1.82) is 0 Å². The molecule has 0 spiro atoms. The molecule has 0 amide bonds. The Hall–Kier alpha value is -2.68. The average molecular weight is 418 g/mol. The van der Waals surface area contributed by atoms with Crippen molar-refractivity contribution in [3.63, 3.8) is 0 Å². The molecule has 3 rings (SSSR count). The van der Waals surface area contributed by atoms with Crippen LogP contribution in [0.1, 0.15) is 58.6 Å². The summed E-state index contributed by atoms with van der Waals surface area (Å²) in [5, 5.41) is 3.70. The Labute approximate surface area is 189 Å². The first-order valence-electron chi connectivity index (χ1n) is 11.9. The molecule has 31 heavy (non-hydrogen) atoms. The average Bonchev–Trinajstić information content (AvgIpc) is 2.77. The van der Waals surface area contributed by atoms with Gasteiger partial charge in [-0.15, -0.1) is 0 Å². The topological polar surface area (TPSA) is 18.5 Å². The van der Waals surface area contributed by atoms with Crippen LogP contribution in [0.4, 0.5) is 11.4 Å². The van der Waals surface area contributed by atoms with Gasteiger partial charge in [0.15, 0.2) is 0 Å². The molecule has 1 fully saturated rings. The van der Waals surface area contributed by atoms with Gasteiger partial charge in [0, 0.05) is 48.9 Å². The van der Waals surface area contributed by atoms with Crippen LogP contribution in [0.25, 0.3) is 12.2 Å². The number of piperidine rings is 1. The maximum absolute atomic E-state index is 3.70. The Balaban J connectivity index is 1.73. The Bertz CT molecular complexity index is 796. The van der Waals surface area contributed by atoms with Crippen molar-refractivity contribution in [2.45, 2.75) is 47.5 Å². The second-order valence-corrected chi connectivity index (χ2v) is 8.51. The minimum Gasteiger partial charge on any atom is -0.372 e. The SMILES string of the molecule is CCN(CC)c1ccc(C=C2CC(C)CC(=Cc3ccc(N(CC)CC)cc3)N2)cc1. The molecule has 0 radical (unpaired) electrons. The third-order valence-corrected chi connectivity index (χ3v) is 6.18. The van der Waals surface area contributed by atoms with Crippen LogP contribution in [0, 0.1) is 5.92 Å². The van der Waals surface area contributed by atoms with Gasteiger partial charge in [-0.25, -0.2) is 0 Å². The second-order valence-electron chi connectivity index (χ2n) is 8.51. The molecule has 3 heteroatoms. The predicted octanol–water partition coefficient (Wildman–Crippen LogP) is 6.78. The lowest BCUT2D eigenvalue weighted by Gasteiger charge is -2.26. The van der Waals surface area contributed by atoms with Crippen LogP contribution in [0.3, 0.4) is 0 Å². The highest BCUT2D eigenvalue weighted by Crippen LogP contribution is 2.28. The predicted molar refractivity (Wildman–Crippen MR) is 137 cm³/mol. The molecule has 1 aliphatic heterocycles. The zero-order valence-corrected chi connectivity index (χ0v) is 20.0. The lowest BCUT2D eigenvalue weighted by molar-refractivity contribution is 0.505. The highest BCUT2D eigenvalue weighted by atomic mass is 15.1. The highest BCUT2D eigenvalue weighted by Gasteiger charge is 2.16. The number of anilines is 2. The number of hydrogen-bond donors (Lipinski definition) is 1. The highest BCUT2D eigenvalue weighted by molar-refractivity contribution is 5.61. The molecule has 0 unspecified atom stereocenters. The first-order valence-corrected chi connectivity index (χ1v) is 11.9. The van der Waals surface area contributed by atoms with Gasteiger partial charge in [0.2, 0.25) is 0 Å². The van der Waals surface area contributed by atoms with Gasteiger partial charge in [0.1, 0.15) is 0 Å². The molecule has 0 saturated carbocycles. The summed E-state index contributed by atoms with van der Waals surface area (Å²) in [4.78, 5) is 4.76. The van der Waals surface area contributed by atoms with Crippen molar-refractivity contribution < 1.29 is 0 Å². The van der Waals surface area contributed by atoms with Crippen LogP contribution in [0.2, 0.25) is 0 Å². The standard InChI is InChI=1S/C28H39N3/c1-6-30(7-2)27-14-10-23(11-15-27)20-25-18-22(5)19-26(29-25)21-24-12-16-28(17-13-24)31(8-3)9-4/h10-17,20-22,29H,6-9,18-19H2,1-5H3. The fraction of sp³-hybridized carbons (Fsp3) is 0.429. The Morgan fingerprint density at radius 3 is 1.35 bits per heavy atom. The van der Waals surface area contributed by atoms with E-state index in [0.29, 0.717) is 5.92 Å². The summed E-state index contributed by atoms with van der Waals surface area (Å²) in [6, 6.07) is 17.9. The second kappa shape index (κ2) is 11.1. The van der Waals surface area contributed by atoms with Crippen molar-refractivity contribution in [2.75, 3.05) is 36.0 Å². The molecule has 1 aliphatic rings. The lowest BCUT2D eigenvalue weighted by atomic mass is 9.93. The number of benzene rings is 2. The Morgan fingerprint density at radius 1 is 0.677 bits per heavy atom. The quantitative estimate of drug-likeness (QED) is 0.511. The van der Waals surface area contributed by atoms with Gasteiger partial charge in [0.25, 0.3) is 0 Å². The van der Waals surface area contributed by atoms with E-state index in [9.17, 15) is 0 Å². The number of allylic oxidation sites excluding steroid dienone is 2. The molecule has 0 bridgehead atoms. The molecule has 0 atom stereocenters. The van der Waals surface area contributed by atoms with Crippen molar-refractivity contribution >= 4 is 23.5 Å². The van der Waals surface area contributed by atoms with Crippen LogP contribution >= 0.6 is 0 Å². The van der Waals surface area contributed by atoms with Crippen LogP contribution in [0.5, 0.6) is 0 Å². The van der Waals surface area contributed by atoms with E-state index in [1.54, 1.807) is 0 Å². The molecular formula is C28H39N3. The summed E-state index contributed by atoms with van der Waals surface area (Å²) in [5.41, 5.74) is 7.73. The zero-order valence-electron chi connectivity index (χ0n) is 20.0. The van der Waals surface area contributed by atoms with Crippen molar-refractivity contribution in [2.24, 2.45) is 5.92 Å². The van der Waals surface area contributed by atoms with Crippen LogP contribution < -0.4 is 15.1 Å². The fourth-order valence-corrected chi connectivity index (χ4v) is 4.46. The molecule has 2 aromatic rings. The van der Waals surface area contributed by atoms with Gasteiger partial charge in [-0.1, -0.05) is 31.2 Å². The minimum atomic E-state index is 0.642. The normalized spacial score (nSPS) is 18.8. The maximum Gasteiger partial charge on any atom is 0.0366 e. The largest absolute Gasteiger partial charge is 0.372 e. The first-order chi connectivity index (χ1) is 15.1. The lowest BCUT2D eigenvalue weighted by Crippen LogP contribution is -2.23. The van der Waals surface area contributed by atoms with E-state index in [4.69, 9.17) is 0 Å². The molecule has 3 nitrogen and oxygen atoms in total. The van der Waals surface area contributed by atoms with E-state index in [2.05, 4.69) is 110 Å². The van der Waals surface area contributed by atoms with Gasteiger partial charge in [-0.2, -0.15) is 0 Å². The summed E-state index contributed by atoms with van der Waals surface area (Å²) in [5.74, 6) is 0.642. The summed E-state index contributed by atoms with van der Waals surface area (Å²) in [7, 11) is 0. The van der Waals surface area contributed by atoms with Gasteiger partial charge >= 0.3 is 0 Å². The maximum atomic E-state index is 3.70. The van der Waals surface area contributed by atoms with Crippen LogP contribution in [-0.2, 0) is 0 Å². The number of nitrogens with one attached hydrogen (secondary N) is 1. The van der Waals surface area contributed by atoms with Crippen molar-refractivity contribution in [1.82, 2.24) is 5.32 Å². The van der Waals surface area contributed by atoms with E-state index in [1.807, 2.05) is 0 Å². The number of nitrogens with zero attached hydrogens (tertiary/aromatic N) is 2. The van der Waals surface area contributed by atoms with Gasteiger partial charge < -0.3 is 15.1 Å². The molecule has 1 N–H and O–H groups in total.